The Morgan fingerprint density at radius 3 is 2.08 bits per heavy atom. The lowest BCUT2D eigenvalue weighted by Gasteiger charge is -2.31. The molecule has 0 saturated carbocycles. The van der Waals surface area contributed by atoms with Gasteiger partial charge < -0.3 is 20.0 Å². The van der Waals surface area contributed by atoms with Crippen LogP contribution >= 0.6 is 0 Å². The third-order valence-electron chi connectivity index (χ3n) is 7.11. The topological polar surface area (TPSA) is 68.1 Å². The van der Waals surface area contributed by atoms with Gasteiger partial charge in [-0.3, -0.25) is 15.0 Å². The first-order valence-corrected chi connectivity index (χ1v) is 12.6. The molecule has 2 saturated heterocycles. The van der Waals surface area contributed by atoms with Crippen LogP contribution < -0.4 is 15.1 Å². The molecule has 2 aliphatic heterocycles. The molecule has 4 rings (SSSR count). The summed E-state index contributed by atoms with van der Waals surface area (Å²) >= 11 is 0. The zero-order valence-electron chi connectivity index (χ0n) is 21.3. The fourth-order valence-corrected chi connectivity index (χ4v) is 5.45. The van der Waals surface area contributed by atoms with Crippen molar-refractivity contribution in [3.05, 3.63) is 58.1 Å². The molecule has 0 amide bonds. The summed E-state index contributed by atoms with van der Waals surface area (Å²) in [5, 5.41) is 14.2. The summed E-state index contributed by atoms with van der Waals surface area (Å²) in [4.78, 5) is 18.7. The van der Waals surface area contributed by atoms with Crippen molar-refractivity contribution >= 4 is 22.7 Å². The van der Waals surface area contributed by atoms with E-state index in [1.54, 1.807) is 6.07 Å². The summed E-state index contributed by atoms with van der Waals surface area (Å²) in [6.07, 6.45) is 3.99. The van der Waals surface area contributed by atoms with Gasteiger partial charge in [-0.1, -0.05) is 0 Å². The molecule has 0 spiro atoms. The van der Waals surface area contributed by atoms with Gasteiger partial charge in [0.05, 0.1) is 29.0 Å². The molecule has 196 valence electrons. The number of nitro groups is 1. The molecule has 0 aromatic heterocycles. The molecule has 2 atom stereocenters. The van der Waals surface area contributed by atoms with Gasteiger partial charge in [0.1, 0.15) is 5.82 Å². The van der Waals surface area contributed by atoms with Gasteiger partial charge in [-0.2, -0.15) is 0 Å². The number of hydrogen-bond acceptors (Lipinski definition) is 7. The van der Waals surface area contributed by atoms with E-state index in [1.165, 1.54) is 12.1 Å². The van der Waals surface area contributed by atoms with Crippen LogP contribution in [-0.4, -0.2) is 80.8 Å². The van der Waals surface area contributed by atoms with Crippen LogP contribution in [0.5, 0.6) is 0 Å². The minimum absolute atomic E-state index is 0.0932. The summed E-state index contributed by atoms with van der Waals surface area (Å²) in [6, 6.07) is 9.60. The second-order valence-corrected chi connectivity index (χ2v) is 10.2. The number of likely N-dealkylation sites (N-methyl/N-ethyl adjacent to an activating group) is 2. The zero-order chi connectivity index (χ0) is 25.8. The molecule has 2 heterocycles. The Balaban J connectivity index is 1.34. The van der Waals surface area contributed by atoms with E-state index < -0.39 is 10.7 Å². The SMILES string of the molecule is CN(C)CC1CCCN1c1ccc(NCN(C)CC2CCCN2c2ccc([N+](=O)[O-])cc2F)cc1F. The van der Waals surface area contributed by atoms with Gasteiger partial charge in [-0.15, -0.1) is 0 Å². The minimum atomic E-state index is -0.587. The first-order chi connectivity index (χ1) is 17.2. The summed E-state index contributed by atoms with van der Waals surface area (Å²) in [5.74, 6) is -0.790. The molecule has 2 fully saturated rings. The Morgan fingerprint density at radius 1 is 0.944 bits per heavy atom. The smallest absolute Gasteiger partial charge is 0.272 e. The monoisotopic (exact) mass is 502 g/mol. The number of rotatable bonds is 10. The number of nitrogens with one attached hydrogen (secondary N) is 1. The van der Waals surface area contributed by atoms with Crippen molar-refractivity contribution in [2.24, 2.45) is 0 Å². The zero-order valence-corrected chi connectivity index (χ0v) is 21.3. The normalized spacial score (nSPS) is 20.1. The fraction of sp³-hybridized carbons (Fsp3) is 0.538. The highest BCUT2D eigenvalue weighted by Crippen LogP contribution is 2.32. The van der Waals surface area contributed by atoms with Gasteiger partial charge in [0, 0.05) is 50.0 Å². The van der Waals surface area contributed by atoms with E-state index in [-0.39, 0.29) is 17.5 Å². The first-order valence-electron chi connectivity index (χ1n) is 12.6. The number of anilines is 3. The highest BCUT2D eigenvalue weighted by Gasteiger charge is 2.29. The molecule has 8 nitrogen and oxygen atoms in total. The van der Waals surface area contributed by atoms with E-state index in [4.69, 9.17) is 0 Å². The molecule has 1 N–H and O–H groups in total. The Bertz CT molecular complexity index is 1070. The second kappa shape index (κ2) is 11.4. The molecule has 2 aromatic rings. The highest BCUT2D eigenvalue weighted by molar-refractivity contribution is 5.57. The van der Waals surface area contributed by atoms with Gasteiger partial charge in [0.15, 0.2) is 5.82 Å². The quantitative estimate of drug-likeness (QED) is 0.294. The third kappa shape index (κ3) is 6.04. The van der Waals surface area contributed by atoms with Crippen LogP contribution in [0.25, 0.3) is 0 Å². The van der Waals surface area contributed by atoms with Gasteiger partial charge >= 0.3 is 0 Å². The van der Waals surface area contributed by atoms with Crippen LogP contribution in [0.3, 0.4) is 0 Å². The molecular weight excluding hydrogens is 466 g/mol. The maximum atomic E-state index is 15.0. The molecule has 0 radical (unpaired) electrons. The van der Waals surface area contributed by atoms with Crippen molar-refractivity contribution in [2.45, 2.75) is 37.8 Å². The average Bonchev–Trinajstić information content (AvgIpc) is 3.47. The van der Waals surface area contributed by atoms with E-state index >= 15 is 4.39 Å². The summed E-state index contributed by atoms with van der Waals surface area (Å²) < 4.78 is 29.6. The number of benzene rings is 2. The molecular formula is C26H36F2N6O2. The fourth-order valence-electron chi connectivity index (χ4n) is 5.45. The van der Waals surface area contributed by atoms with Crippen molar-refractivity contribution in [2.75, 3.05) is 69.1 Å². The summed E-state index contributed by atoms with van der Waals surface area (Å²) in [7, 11) is 6.06. The lowest BCUT2D eigenvalue weighted by Crippen LogP contribution is -2.41. The molecule has 10 heteroatoms. The Labute approximate surface area is 211 Å². The lowest BCUT2D eigenvalue weighted by atomic mass is 10.2. The van der Waals surface area contributed by atoms with Crippen LogP contribution in [0, 0.1) is 21.7 Å². The molecule has 0 bridgehead atoms. The molecule has 2 aliphatic rings. The van der Waals surface area contributed by atoms with Gasteiger partial charge in [-0.05, 0) is 71.1 Å². The van der Waals surface area contributed by atoms with Crippen LogP contribution in [0.2, 0.25) is 0 Å². The van der Waals surface area contributed by atoms with Gasteiger partial charge in [0.2, 0.25) is 0 Å². The third-order valence-corrected chi connectivity index (χ3v) is 7.11. The van der Waals surface area contributed by atoms with Crippen LogP contribution in [0.15, 0.2) is 36.4 Å². The van der Waals surface area contributed by atoms with Gasteiger partial charge in [0.25, 0.3) is 5.69 Å². The van der Waals surface area contributed by atoms with Gasteiger partial charge in [-0.25, -0.2) is 8.78 Å². The Hall–Kier alpha value is -2.98. The van der Waals surface area contributed by atoms with E-state index in [0.29, 0.717) is 37.2 Å². The predicted molar refractivity (Wildman–Crippen MR) is 140 cm³/mol. The minimum Gasteiger partial charge on any atom is -0.372 e. The summed E-state index contributed by atoms with van der Waals surface area (Å²) in [5.41, 5.74) is 1.53. The largest absolute Gasteiger partial charge is 0.372 e. The first kappa shape index (κ1) is 26.1. The van der Waals surface area contributed by atoms with E-state index in [2.05, 4.69) is 20.0 Å². The second-order valence-electron chi connectivity index (χ2n) is 10.2. The van der Waals surface area contributed by atoms with Crippen molar-refractivity contribution < 1.29 is 13.7 Å². The lowest BCUT2D eigenvalue weighted by molar-refractivity contribution is -0.385. The average molecular weight is 503 g/mol. The molecule has 2 unspecified atom stereocenters. The number of hydrogen-bond donors (Lipinski definition) is 1. The van der Waals surface area contributed by atoms with Crippen molar-refractivity contribution in [3.63, 3.8) is 0 Å². The van der Waals surface area contributed by atoms with Crippen LogP contribution in [-0.2, 0) is 0 Å². The Morgan fingerprint density at radius 2 is 1.53 bits per heavy atom. The number of nitro benzene ring substituents is 1. The number of halogens is 2. The molecule has 2 aromatic carbocycles. The molecule has 36 heavy (non-hydrogen) atoms. The standard InChI is InChI=1S/C26H36F2N6O2/c1-30(2)16-21-6-4-12-32(21)25-10-8-19(14-23(25)27)29-18-31(3)17-22-7-5-13-33(22)26-11-9-20(34(35)36)15-24(26)28/h8-11,14-15,21-22,29H,4-7,12-13,16-18H2,1-3H3. The highest BCUT2D eigenvalue weighted by atomic mass is 19.1. The predicted octanol–water partition coefficient (Wildman–Crippen LogP) is 4.37. The van der Waals surface area contributed by atoms with Crippen molar-refractivity contribution in [3.8, 4) is 0 Å². The van der Waals surface area contributed by atoms with Crippen molar-refractivity contribution in [1.82, 2.24) is 9.80 Å². The molecule has 0 aliphatic carbocycles. The Kier molecular flexibility index (Phi) is 8.25. The van der Waals surface area contributed by atoms with Crippen LogP contribution in [0.1, 0.15) is 25.7 Å². The van der Waals surface area contributed by atoms with Crippen LogP contribution in [0.4, 0.5) is 31.5 Å². The maximum absolute atomic E-state index is 15.0. The summed E-state index contributed by atoms with van der Waals surface area (Å²) in [6.45, 7) is 3.69. The van der Waals surface area contributed by atoms with Crippen molar-refractivity contribution in [1.29, 1.82) is 0 Å². The van der Waals surface area contributed by atoms with E-state index in [9.17, 15) is 14.5 Å². The number of nitrogens with zero attached hydrogens (tertiary/aromatic N) is 5. The van der Waals surface area contributed by atoms with E-state index in [0.717, 1.165) is 50.5 Å². The number of non-ortho nitro benzene ring substituents is 1. The van der Waals surface area contributed by atoms with E-state index in [1.807, 2.05) is 38.2 Å². The maximum Gasteiger partial charge on any atom is 0.272 e.